The molecule has 1 N–H and O–H groups in total. The minimum atomic E-state index is -0.540. The highest BCUT2D eigenvalue weighted by Crippen LogP contribution is 2.21. The first-order valence-electron chi connectivity index (χ1n) is 5.68. The summed E-state index contributed by atoms with van der Waals surface area (Å²) in [6.45, 7) is 6.12. The average Bonchev–Trinajstić information content (AvgIpc) is 2.86. The molecule has 2 aromatic rings. The minimum Gasteiger partial charge on any atom is -0.386 e. The average molecular weight is 251 g/mol. The van der Waals surface area contributed by atoms with Crippen LogP contribution < -0.4 is 0 Å². The third kappa shape index (κ3) is 2.73. The van der Waals surface area contributed by atoms with Gasteiger partial charge in [0, 0.05) is 17.8 Å². The van der Waals surface area contributed by atoms with Crippen molar-refractivity contribution in [2.24, 2.45) is 0 Å². The van der Waals surface area contributed by atoms with Crippen molar-refractivity contribution < 1.29 is 5.11 Å². The number of aryl methyl sites for hydroxylation is 1. The van der Waals surface area contributed by atoms with Gasteiger partial charge in [-0.15, -0.1) is 11.3 Å². The highest BCUT2D eigenvalue weighted by molar-refractivity contribution is 7.09. The molecule has 2 aromatic heterocycles. The first kappa shape index (κ1) is 12.3. The molecule has 1 atom stereocenters. The Hall–Kier alpha value is -1.20. The highest BCUT2D eigenvalue weighted by atomic mass is 32.1. The number of aliphatic hydroxyl groups is 1. The molecule has 92 valence electrons. The summed E-state index contributed by atoms with van der Waals surface area (Å²) in [4.78, 5) is 8.46. The van der Waals surface area contributed by atoms with E-state index >= 15 is 0 Å². The van der Waals surface area contributed by atoms with Crippen LogP contribution in [0.25, 0.3) is 0 Å². The van der Waals surface area contributed by atoms with Gasteiger partial charge in [-0.05, 0) is 20.8 Å². The lowest BCUT2D eigenvalue weighted by Crippen LogP contribution is -2.11. The van der Waals surface area contributed by atoms with E-state index in [4.69, 9.17) is 0 Å². The zero-order valence-electron chi connectivity index (χ0n) is 10.3. The van der Waals surface area contributed by atoms with Crippen LogP contribution in [0.3, 0.4) is 0 Å². The molecule has 0 aliphatic heterocycles. The van der Waals surface area contributed by atoms with E-state index in [2.05, 4.69) is 23.8 Å². The lowest BCUT2D eigenvalue weighted by Gasteiger charge is -2.15. The molecule has 0 radical (unpaired) electrons. The number of hydrogen-bond acceptors (Lipinski definition) is 4. The summed E-state index contributed by atoms with van der Waals surface area (Å²) in [5.74, 6) is 0. The van der Waals surface area contributed by atoms with Crippen LogP contribution in [0.1, 0.15) is 42.4 Å². The number of aromatic nitrogens is 3. The van der Waals surface area contributed by atoms with Crippen molar-refractivity contribution in [3.63, 3.8) is 0 Å². The molecule has 2 rings (SSSR count). The molecule has 2 heterocycles. The number of imidazole rings is 1. The van der Waals surface area contributed by atoms with Gasteiger partial charge in [0.15, 0.2) is 0 Å². The Kier molecular flexibility index (Phi) is 3.59. The molecule has 0 spiro atoms. The van der Waals surface area contributed by atoms with Crippen molar-refractivity contribution in [2.75, 3.05) is 0 Å². The monoisotopic (exact) mass is 251 g/mol. The van der Waals surface area contributed by atoms with Gasteiger partial charge in [0.2, 0.25) is 0 Å². The van der Waals surface area contributed by atoms with E-state index < -0.39 is 6.10 Å². The van der Waals surface area contributed by atoms with Crippen molar-refractivity contribution in [1.29, 1.82) is 0 Å². The molecule has 17 heavy (non-hydrogen) atoms. The summed E-state index contributed by atoms with van der Waals surface area (Å²) in [5.41, 5.74) is 1.79. The summed E-state index contributed by atoms with van der Waals surface area (Å²) < 4.78 is 1.99. The molecular formula is C12H17N3OS. The lowest BCUT2D eigenvalue weighted by atomic mass is 10.1. The predicted octanol–water partition coefficient (Wildman–Crippen LogP) is 2.51. The topological polar surface area (TPSA) is 50.9 Å². The van der Waals surface area contributed by atoms with Crippen molar-refractivity contribution in [3.8, 4) is 0 Å². The molecule has 1 unspecified atom stereocenters. The fourth-order valence-electron chi connectivity index (χ4n) is 1.81. The molecular weight excluding hydrogens is 234 g/mol. The zero-order valence-corrected chi connectivity index (χ0v) is 11.1. The van der Waals surface area contributed by atoms with Gasteiger partial charge in [0.25, 0.3) is 0 Å². The van der Waals surface area contributed by atoms with E-state index in [0.29, 0.717) is 12.5 Å². The Balaban J connectivity index is 2.14. The van der Waals surface area contributed by atoms with E-state index in [1.54, 1.807) is 23.9 Å². The first-order valence-corrected chi connectivity index (χ1v) is 6.56. The summed E-state index contributed by atoms with van der Waals surface area (Å²) in [6.07, 6.45) is 3.49. The van der Waals surface area contributed by atoms with E-state index in [-0.39, 0.29) is 0 Å². The standard InChI is InChI=1S/C12H17N3OS/c1-8(2)15-7-13-5-11(15)12(16)4-10-6-17-9(3)14-10/h5-8,12,16H,4H2,1-3H3. The van der Waals surface area contributed by atoms with Crippen LogP contribution in [0.5, 0.6) is 0 Å². The molecule has 0 aliphatic rings. The molecule has 0 bridgehead atoms. The van der Waals surface area contributed by atoms with E-state index in [0.717, 1.165) is 16.4 Å². The van der Waals surface area contributed by atoms with Gasteiger partial charge in [-0.25, -0.2) is 9.97 Å². The number of thiazole rings is 1. The molecule has 0 aromatic carbocycles. The number of hydrogen-bond donors (Lipinski definition) is 1. The Bertz CT molecular complexity index is 489. The van der Waals surface area contributed by atoms with Crippen molar-refractivity contribution >= 4 is 11.3 Å². The quantitative estimate of drug-likeness (QED) is 0.908. The smallest absolute Gasteiger partial charge is 0.101 e. The number of nitrogens with zero attached hydrogens (tertiary/aromatic N) is 3. The lowest BCUT2D eigenvalue weighted by molar-refractivity contribution is 0.166. The Morgan fingerprint density at radius 3 is 2.82 bits per heavy atom. The van der Waals surface area contributed by atoms with Gasteiger partial charge in [-0.1, -0.05) is 0 Å². The Labute approximate surface area is 105 Å². The summed E-state index contributed by atoms with van der Waals surface area (Å²) in [6, 6.07) is 0.305. The normalized spacial score (nSPS) is 13.2. The van der Waals surface area contributed by atoms with E-state index in [9.17, 15) is 5.11 Å². The van der Waals surface area contributed by atoms with Crippen LogP contribution in [-0.4, -0.2) is 19.6 Å². The van der Waals surface area contributed by atoms with Gasteiger partial charge < -0.3 is 9.67 Å². The van der Waals surface area contributed by atoms with Crippen molar-refractivity contribution in [2.45, 2.75) is 39.3 Å². The molecule has 5 heteroatoms. The second-order valence-electron chi connectivity index (χ2n) is 4.40. The van der Waals surface area contributed by atoms with Gasteiger partial charge in [-0.2, -0.15) is 0 Å². The third-order valence-electron chi connectivity index (χ3n) is 2.66. The van der Waals surface area contributed by atoms with Crippen LogP contribution >= 0.6 is 11.3 Å². The summed E-state index contributed by atoms with van der Waals surface area (Å²) in [5, 5.41) is 13.2. The maximum Gasteiger partial charge on any atom is 0.101 e. The fourth-order valence-corrected chi connectivity index (χ4v) is 2.43. The van der Waals surface area contributed by atoms with E-state index in [1.807, 2.05) is 16.9 Å². The van der Waals surface area contributed by atoms with Crippen LogP contribution in [0.15, 0.2) is 17.9 Å². The third-order valence-corrected chi connectivity index (χ3v) is 3.49. The number of rotatable bonds is 4. The van der Waals surface area contributed by atoms with Gasteiger partial charge in [0.05, 0.1) is 28.9 Å². The van der Waals surface area contributed by atoms with Crippen molar-refractivity contribution in [1.82, 2.24) is 14.5 Å². The fraction of sp³-hybridized carbons (Fsp3) is 0.500. The minimum absolute atomic E-state index is 0.305. The zero-order chi connectivity index (χ0) is 12.4. The van der Waals surface area contributed by atoms with Crippen molar-refractivity contribution in [3.05, 3.63) is 34.3 Å². The van der Waals surface area contributed by atoms with Gasteiger partial charge in [0.1, 0.15) is 6.10 Å². The van der Waals surface area contributed by atoms with Crippen LogP contribution in [0.4, 0.5) is 0 Å². The molecule has 0 aliphatic carbocycles. The van der Waals surface area contributed by atoms with Crippen LogP contribution in [0, 0.1) is 6.92 Å². The van der Waals surface area contributed by atoms with Gasteiger partial charge in [-0.3, -0.25) is 0 Å². The maximum absolute atomic E-state index is 10.2. The maximum atomic E-state index is 10.2. The number of aliphatic hydroxyl groups excluding tert-OH is 1. The second-order valence-corrected chi connectivity index (χ2v) is 5.46. The molecule has 0 saturated heterocycles. The molecule has 0 saturated carbocycles. The summed E-state index contributed by atoms with van der Waals surface area (Å²) in [7, 11) is 0. The largest absolute Gasteiger partial charge is 0.386 e. The first-order chi connectivity index (χ1) is 8.08. The SMILES string of the molecule is Cc1nc(CC(O)c2cncn2C(C)C)cs1. The van der Waals surface area contributed by atoms with Crippen LogP contribution in [0.2, 0.25) is 0 Å². The predicted molar refractivity (Wildman–Crippen MR) is 68.1 cm³/mol. The summed E-state index contributed by atoms with van der Waals surface area (Å²) >= 11 is 1.61. The van der Waals surface area contributed by atoms with Gasteiger partial charge >= 0.3 is 0 Å². The molecule has 4 nitrogen and oxygen atoms in total. The molecule has 0 amide bonds. The van der Waals surface area contributed by atoms with Crippen LogP contribution in [-0.2, 0) is 6.42 Å². The Morgan fingerprint density at radius 2 is 2.24 bits per heavy atom. The highest BCUT2D eigenvalue weighted by Gasteiger charge is 2.16. The second kappa shape index (κ2) is 4.98. The Morgan fingerprint density at radius 1 is 1.47 bits per heavy atom. The van der Waals surface area contributed by atoms with E-state index in [1.165, 1.54) is 0 Å². The molecule has 0 fully saturated rings.